The highest BCUT2D eigenvalue weighted by Gasteiger charge is 2.35. The van der Waals surface area contributed by atoms with Crippen LogP contribution in [0.4, 0.5) is 0 Å². The van der Waals surface area contributed by atoms with E-state index in [2.05, 4.69) is 11.8 Å². The first-order chi connectivity index (χ1) is 17.2. The van der Waals surface area contributed by atoms with Crippen LogP contribution in [0.15, 0.2) is 24.3 Å². The molecule has 3 aliphatic rings. The number of benzene rings is 1. The van der Waals surface area contributed by atoms with E-state index in [0.29, 0.717) is 23.6 Å². The molecule has 0 saturated heterocycles. The molecule has 1 heterocycles. The number of carbonyl (C=O) groups excluding carboxylic acids is 2. The molecule has 1 aliphatic heterocycles. The summed E-state index contributed by atoms with van der Waals surface area (Å²) in [6.07, 6.45) is 16.3. The quantitative estimate of drug-likeness (QED) is 0.475. The van der Waals surface area contributed by atoms with Crippen molar-refractivity contribution in [3.63, 3.8) is 0 Å². The molecule has 0 unspecified atom stereocenters. The fraction of sp³-hybridized carbons (Fsp3) is 0.733. The van der Waals surface area contributed by atoms with E-state index in [1.807, 2.05) is 29.2 Å². The number of nitrogens with zero attached hydrogens (tertiary/aromatic N) is 2. The van der Waals surface area contributed by atoms with Crippen molar-refractivity contribution < 1.29 is 14.3 Å². The van der Waals surface area contributed by atoms with Gasteiger partial charge in [-0.25, -0.2) is 0 Å². The van der Waals surface area contributed by atoms with Gasteiger partial charge in [0.25, 0.3) is 5.91 Å². The average Bonchev–Trinajstić information content (AvgIpc) is 2.84. The molecule has 0 radical (unpaired) electrons. The van der Waals surface area contributed by atoms with Crippen LogP contribution in [0.5, 0.6) is 5.75 Å². The second kappa shape index (κ2) is 13.3. The zero-order valence-electron chi connectivity index (χ0n) is 21.9. The minimum absolute atomic E-state index is 0.0462. The molecule has 1 aromatic rings. The van der Waals surface area contributed by atoms with Crippen LogP contribution in [0.2, 0.25) is 0 Å². The lowest BCUT2D eigenvalue weighted by Crippen LogP contribution is -2.51. The first kappa shape index (κ1) is 26.0. The smallest absolute Gasteiger partial charge is 0.257 e. The number of rotatable bonds is 5. The van der Waals surface area contributed by atoms with Crippen LogP contribution >= 0.6 is 0 Å². The number of ether oxygens (including phenoxy) is 1. The normalized spacial score (nSPS) is 24.9. The third-order valence-corrected chi connectivity index (χ3v) is 8.38. The Morgan fingerprint density at radius 3 is 2.43 bits per heavy atom. The number of fused-ring (bicyclic) bond motifs is 2. The van der Waals surface area contributed by atoms with Gasteiger partial charge in [0.05, 0.1) is 11.6 Å². The monoisotopic (exact) mass is 482 g/mol. The summed E-state index contributed by atoms with van der Waals surface area (Å²) in [7, 11) is 0. The number of amides is 2. The summed E-state index contributed by atoms with van der Waals surface area (Å²) in [5, 5.41) is 0. The van der Waals surface area contributed by atoms with E-state index in [9.17, 15) is 9.59 Å². The van der Waals surface area contributed by atoms with Gasteiger partial charge in [-0.05, 0) is 63.0 Å². The Hall–Kier alpha value is -2.04. The highest BCUT2D eigenvalue weighted by atomic mass is 16.5. The molecule has 2 aliphatic carbocycles. The largest absolute Gasteiger partial charge is 0.487 e. The van der Waals surface area contributed by atoms with Crippen molar-refractivity contribution in [1.82, 2.24) is 9.80 Å². The van der Waals surface area contributed by atoms with Gasteiger partial charge in [0.1, 0.15) is 11.9 Å². The van der Waals surface area contributed by atoms with Crippen LogP contribution in [0.25, 0.3) is 0 Å². The Balaban J connectivity index is 1.57. The van der Waals surface area contributed by atoms with Gasteiger partial charge < -0.3 is 14.5 Å². The van der Waals surface area contributed by atoms with E-state index in [1.165, 1.54) is 25.7 Å². The minimum atomic E-state index is -0.0462. The summed E-state index contributed by atoms with van der Waals surface area (Å²) < 4.78 is 6.67. The summed E-state index contributed by atoms with van der Waals surface area (Å²) >= 11 is 0. The topological polar surface area (TPSA) is 49.9 Å². The zero-order valence-corrected chi connectivity index (χ0v) is 21.9. The van der Waals surface area contributed by atoms with Crippen LogP contribution < -0.4 is 4.74 Å². The second-order valence-corrected chi connectivity index (χ2v) is 11.0. The van der Waals surface area contributed by atoms with Gasteiger partial charge in [0.2, 0.25) is 5.91 Å². The number of carbonyl (C=O) groups is 2. The van der Waals surface area contributed by atoms with Crippen LogP contribution in [0, 0.1) is 5.92 Å². The molecule has 2 saturated carbocycles. The standard InChI is InChI=1S/C30H46N2O3/c1-2-21-31-22-10-4-3-5-11-23-32(29(33)20-19-24-13-12-14-24)26-16-7-9-18-28(26)35-27-17-8-6-15-25(27)30(31)34/h6,8,15,17,24,26,28H,2-5,7,9-14,16,18-23H2,1H3/t26-,28+/m1/s1. The highest BCUT2D eigenvalue weighted by molar-refractivity contribution is 5.97. The first-order valence-corrected chi connectivity index (χ1v) is 14.5. The van der Waals surface area contributed by atoms with Crippen molar-refractivity contribution in [3.8, 4) is 5.75 Å². The molecule has 2 amide bonds. The summed E-state index contributed by atoms with van der Waals surface area (Å²) in [6.45, 7) is 4.56. The fourth-order valence-corrected chi connectivity index (χ4v) is 6.08. The van der Waals surface area contributed by atoms with E-state index in [1.54, 1.807) is 0 Å². The van der Waals surface area contributed by atoms with Crippen molar-refractivity contribution in [1.29, 1.82) is 0 Å². The van der Waals surface area contributed by atoms with E-state index in [-0.39, 0.29) is 18.1 Å². The van der Waals surface area contributed by atoms with E-state index in [4.69, 9.17) is 4.74 Å². The molecule has 0 bridgehead atoms. The van der Waals surface area contributed by atoms with Gasteiger partial charge >= 0.3 is 0 Å². The molecule has 2 fully saturated rings. The summed E-state index contributed by atoms with van der Waals surface area (Å²) in [4.78, 5) is 31.3. The molecule has 194 valence electrons. The lowest BCUT2D eigenvalue weighted by Gasteiger charge is -2.40. The molecule has 35 heavy (non-hydrogen) atoms. The summed E-state index contributed by atoms with van der Waals surface area (Å²) in [6, 6.07) is 7.87. The molecule has 0 spiro atoms. The molecule has 2 atom stereocenters. The predicted molar refractivity (Wildman–Crippen MR) is 141 cm³/mol. The van der Waals surface area contributed by atoms with Gasteiger partial charge in [-0.2, -0.15) is 0 Å². The fourth-order valence-electron chi connectivity index (χ4n) is 6.08. The molecule has 0 N–H and O–H groups in total. The van der Waals surface area contributed by atoms with E-state index < -0.39 is 0 Å². The van der Waals surface area contributed by atoms with Crippen LogP contribution in [-0.2, 0) is 4.79 Å². The zero-order chi connectivity index (χ0) is 24.5. The Morgan fingerprint density at radius 2 is 1.66 bits per heavy atom. The van der Waals surface area contributed by atoms with Crippen LogP contribution in [-0.4, -0.2) is 53.4 Å². The first-order valence-electron chi connectivity index (χ1n) is 14.5. The summed E-state index contributed by atoms with van der Waals surface area (Å²) in [5.41, 5.74) is 0.669. The average molecular weight is 483 g/mol. The second-order valence-electron chi connectivity index (χ2n) is 11.0. The van der Waals surface area contributed by atoms with Crippen LogP contribution in [0.1, 0.15) is 114 Å². The van der Waals surface area contributed by atoms with Crippen molar-refractivity contribution in [3.05, 3.63) is 29.8 Å². The third-order valence-electron chi connectivity index (χ3n) is 8.38. The predicted octanol–water partition coefficient (Wildman–Crippen LogP) is 6.60. The number of para-hydroxylation sites is 1. The van der Waals surface area contributed by atoms with Crippen molar-refractivity contribution >= 4 is 11.8 Å². The maximum absolute atomic E-state index is 13.6. The third kappa shape index (κ3) is 7.01. The molecule has 0 aromatic heterocycles. The van der Waals surface area contributed by atoms with Gasteiger partial charge in [-0.15, -0.1) is 0 Å². The van der Waals surface area contributed by atoms with E-state index in [0.717, 1.165) is 89.8 Å². The molecular weight excluding hydrogens is 436 g/mol. The molecule has 1 aromatic carbocycles. The van der Waals surface area contributed by atoms with Gasteiger partial charge in [-0.1, -0.05) is 64.0 Å². The van der Waals surface area contributed by atoms with Crippen molar-refractivity contribution in [2.24, 2.45) is 5.92 Å². The maximum atomic E-state index is 13.6. The van der Waals surface area contributed by atoms with Gasteiger partial charge in [0.15, 0.2) is 0 Å². The minimum Gasteiger partial charge on any atom is -0.487 e. The Bertz CT molecular complexity index is 822. The molecule has 5 nitrogen and oxygen atoms in total. The van der Waals surface area contributed by atoms with Gasteiger partial charge in [0, 0.05) is 26.1 Å². The van der Waals surface area contributed by atoms with Crippen LogP contribution in [0.3, 0.4) is 0 Å². The molecular formula is C30H46N2O3. The Kier molecular flexibility index (Phi) is 9.91. The van der Waals surface area contributed by atoms with Crippen molar-refractivity contribution in [2.75, 3.05) is 19.6 Å². The highest BCUT2D eigenvalue weighted by Crippen LogP contribution is 2.33. The van der Waals surface area contributed by atoms with Crippen molar-refractivity contribution in [2.45, 2.75) is 115 Å². The SMILES string of the molecule is CCCN1CCCCCCCN(C(=O)CCC2CCC2)[C@@H]2CCCC[C@@H]2Oc2ccccc2C1=O. The summed E-state index contributed by atoms with van der Waals surface area (Å²) in [5.74, 6) is 1.84. The Labute approximate surface area is 212 Å². The lowest BCUT2D eigenvalue weighted by atomic mass is 9.82. The van der Waals surface area contributed by atoms with E-state index >= 15 is 0 Å². The van der Waals surface area contributed by atoms with Gasteiger partial charge in [-0.3, -0.25) is 9.59 Å². The maximum Gasteiger partial charge on any atom is 0.257 e. The molecule has 5 heteroatoms. The molecule has 4 rings (SSSR count). The Morgan fingerprint density at radius 1 is 0.914 bits per heavy atom. The number of hydrogen-bond acceptors (Lipinski definition) is 3. The number of hydrogen-bond donors (Lipinski definition) is 0. The lowest BCUT2D eigenvalue weighted by molar-refractivity contribution is -0.137.